The molecular weight excluding hydrogens is 262 g/mol. The lowest BCUT2D eigenvalue weighted by molar-refractivity contribution is 0.169. The van der Waals surface area contributed by atoms with E-state index in [0.29, 0.717) is 0 Å². The van der Waals surface area contributed by atoms with Crippen LogP contribution in [-0.4, -0.2) is 24.6 Å². The van der Waals surface area contributed by atoms with Gasteiger partial charge in [-0.1, -0.05) is 0 Å². The Morgan fingerprint density at radius 2 is 1.75 bits per heavy atom. The standard InChI is InChI=1S/C5H8N2O7P2/c8-15(9,10)14-16(11,12)13-4-5-6-2-1-3-7-5/h1-3H,4H2,(H,11,12)(H2,8,9,10). The van der Waals surface area contributed by atoms with Gasteiger partial charge in [0.15, 0.2) is 5.82 Å². The normalized spacial score (nSPS) is 15.7. The van der Waals surface area contributed by atoms with E-state index < -0.39 is 22.3 Å². The molecule has 16 heavy (non-hydrogen) atoms. The molecular formula is C5H8N2O7P2. The molecule has 0 bridgehead atoms. The molecule has 1 unspecified atom stereocenters. The Hall–Kier alpha value is -0.660. The van der Waals surface area contributed by atoms with Gasteiger partial charge in [-0.2, -0.15) is 4.31 Å². The summed E-state index contributed by atoms with van der Waals surface area (Å²) in [4.78, 5) is 32.8. The number of rotatable bonds is 5. The molecule has 0 saturated carbocycles. The quantitative estimate of drug-likeness (QED) is 0.640. The average molecular weight is 270 g/mol. The van der Waals surface area contributed by atoms with Crippen molar-refractivity contribution in [3.8, 4) is 0 Å². The molecule has 0 amide bonds. The molecule has 1 rings (SSSR count). The van der Waals surface area contributed by atoms with Gasteiger partial charge in [0.2, 0.25) is 0 Å². The maximum atomic E-state index is 11.0. The summed E-state index contributed by atoms with van der Waals surface area (Å²) in [6, 6.07) is 1.52. The SMILES string of the molecule is O=P(O)(O)OP(=O)(O)OCc1ncccn1. The second-order valence-corrected chi connectivity index (χ2v) is 5.31. The summed E-state index contributed by atoms with van der Waals surface area (Å²) in [6.45, 7) is -0.505. The third-order valence-corrected chi connectivity index (χ3v) is 3.32. The highest BCUT2D eigenvalue weighted by Crippen LogP contribution is 2.57. The van der Waals surface area contributed by atoms with E-state index in [1.54, 1.807) is 0 Å². The zero-order chi connectivity index (χ0) is 12.2. The van der Waals surface area contributed by atoms with Crippen molar-refractivity contribution in [2.24, 2.45) is 0 Å². The number of nitrogens with zero attached hydrogens (tertiary/aromatic N) is 2. The topological polar surface area (TPSA) is 139 Å². The molecule has 0 saturated heterocycles. The molecule has 0 radical (unpaired) electrons. The zero-order valence-corrected chi connectivity index (χ0v) is 9.49. The molecule has 90 valence electrons. The molecule has 1 aromatic rings. The molecule has 0 aliphatic rings. The molecule has 0 aliphatic carbocycles. The maximum absolute atomic E-state index is 11.0. The second kappa shape index (κ2) is 5.11. The fraction of sp³-hybridized carbons (Fsp3) is 0.200. The summed E-state index contributed by atoms with van der Waals surface area (Å²) in [5.41, 5.74) is 0. The lowest BCUT2D eigenvalue weighted by Gasteiger charge is -2.11. The minimum atomic E-state index is -5.09. The van der Waals surface area contributed by atoms with Crippen LogP contribution >= 0.6 is 15.6 Å². The molecule has 11 heteroatoms. The molecule has 1 atom stereocenters. The summed E-state index contributed by atoms with van der Waals surface area (Å²) in [5, 5.41) is 0. The predicted molar refractivity (Wildman–Crippen MR) is 49.8 cm³/mol. The Labute approximate surface area is 89.9 Å². The van der Waals surface area contributed by atoms with Gasteiger partial charge < -0.3 is 14.7 Å². The van der Waals surface area contributed by atoms with Crippen molar-refractivity contribution in [1.29, 1.82) is 0 Å². The second-order valence-electron chi connectivity index (χ2n) is 2.48. The highest BCUT2D eigenvalue weighted by Gasteiger charge is 2.32. The number of aromatic nitrogens is 2. The number of hydrogen-bond acceptors (Lipinski definition) is 6. The monoisotopic (exact) mass is 270 g/mol. The summed E-state index contributed by atoms with van der Waals surface area (Å²) < 4.78 is 29.1. The maximum Gasteiger partial charge on any atom is 0.481 e. The van der Waals surface area contributed by atoms with E-state index in [1.807, 2.05) is 0 Å². The summed E-state index contributed by atoms with van der Waals surface area (Å²) >= 11 is 0. The molecule has 0 aromatic carbocycles. The minimum absolute atomic E-state index is 0.0751. The van der Waals surface area contributed by atoms with Crippen LogP contribution in [0, 0.1) is 0 Å². The number of phosphoric acid groups is 2. The molecule has 9 nitrogen and oxygen atoms in total. The third kappa shape index (κ3) is 5.43. The van der Waals surface area contributed by atoms with Gasteiger partial charge >= 0.3 is 15.6 Å². The number of hydrogen-bond donors (Lipinski definition) is 3. The largest absolute Gasteiger partial charge is 0.481 e. The highest BCUT2D eigenvalue weighted by atomic mass is 31.3. The van der Waals surface area contributed by atoms with Gasteiger partial charge in [0.1, 0.15) is 6.61 Å². The van der Waals surface area contributed by atoms with Crippen molar-refractivity contribution < 1.29 is 32.6 Å². The van der Waals surface area contributed by atoms with Crippen molar-refractivity contribution >= 4 is 15.6 Å². The fourth-order valence-corrected chi connectivity index (χ4v) is 2.24. The smallest absolute Gasteiger partial charge is 0.302 e. The van der Waals surface area contributed by atoms with E-state index in [2.05, 4.69) is 18.8 Å². The van der Waals surface area contributed by atoms with Crippen LogP contribution in [0.4, 0.5) is 0 Å². The summed E-state index contributed by atoms with van der Waals surface area (Å²) in [5.74, 6) is 0.0751. The Kier molecular flexibility index (Phi) is 4.28. The average Bonchev–Trinajstić information content (AvgIpc) is 2.13. The van der Waals surface area contributed by atoms with E-state index in [4.69, 9.17) is 14.7 Å². The van der Waals surface area contributed by atoms with E-state index in [1.165, 1.54) is 18.5 Å². The van der Waals surface area contributed by atoms with E-state index >= 15 is 0 Å². The van der Waals surface area contributed by atoms with Crippen molar-refractivity contribution in [3.05, 3.63) is 24.3 Å². The zero-order valence-electron chi connectivity index (χ0n) is 7.70. The van der Waals surface area contributed by atoms with Crippen LogP contribution < -0.4 is 0 Å². The molecule has 0 spiro atoms. The number of phosphoric ester groups is 1. The van der Waals surface area contributed by atoms with Crippen LogP contribution in [0.1, 0.15) is 5.82 Å². The van der Waals surface area contributed by atoms with Crippen LogP contribution in [0.5, 0.6) is 0 Å². The fourth-order valence-electron chi connectivity index (χ4n) is 0.702. The van der Waals surface area contributed by atoms with Crippen molar-refractivity contribution in [2.45, 2.75) is 6.61 Å². The molecule has 1 heterocycles. The van der Waals surface area contributed by atoms with Crippen LogP contribution in [0.25, 0.3) is 0 Å². The van der Waals surface area contributed by atoms with Crippen LogP contribution in [-0.2, 0) is 24.6 Å². The third-order valence-electron chi connectivity index (χ3n) is 1.19. The van der Waals surface area contributed by atoms with Crippen LogP contribution in [0.15, 0.2) is 18.5 Å². The van der Waals surface area contributed by atoms with Crippen molar-refractivity contribution in [3.63, 3.8) is 0 Å². The van der Waals surface area contributed by atoms with Gasteiger partial charge in [0, 0.05) is 12.4 Å². The van der Waals surface area contributed by atoms with Gasteiger partial charge in [-0.25, -0.2) is 19.1 Å². The Balaban J connectivity index is 2.55. The first kappa shape index (κ1) is 13.4. The van der Waals surface area contributed by atoms with Crippen LogP contribution in [0.2, 0.25) is 0 Å². The molecule has 1 aromatic heterocycles. The van der Waals surface area contributed by atoms with E-state index in [9.17, 15) is 9.13 Å². The van der Waals surface area contributed by atoms with E-state index in [0.717, 1.165) is 0 Å². The first-order valence-electron chi connectivity index (χ1n) is 3.79. The van der Waals surface area contributed by atoms with Gasteiger partial charge in [0.25, 0.3) is 0 Å². The lowest BCUT2D eigenvalue weighted by atomic mass is 10.6. The predicted octanol–water partition coefficient (Wildman–Crippen LogP) is 0.203. The van der Waals surface area contributed by atoms with E-state index in [-0.39, 0.29) is 5.82 Å². The van der Waals surface area contributed by atoms with Gasteiger partial charge in [-0.3, -0.25) is 4.52 Å². The minimum Gasteiger partial charge on any atom is -0.302 e. The van der Waals surface area contributed by atoms with Crippen LogP contribution in [0.3, 0.4) is 0 Å². The Bertz CT molecular complexity index is 432. The Morgan fingerprint density at radius 3 is 2.25 bits per heavy atom. The summed E-state index contributed by atoms with van der Waals surface area (Å²) in [6.07, 6.45) is 2.75. The lowest BCUT2D eigenvalue weighted by Crippen LogP contribution is -1.98. The Morgan fingerprint density at radius 1 is 1.19 bits per heavy atom. The molecule has 3 N–H and O–H groups in total. The molecule has 0 aliphatic heterocycles. The van der Waals surface area contributed by atoms with Crippen molar-refractivity contribution in [1.82, 2.24) is 9.97 Å². The first-order valence-corrected chi connectivity index (χ1v) is 6.81. The van der Waals surface area contributed by atoms with Gasteiger partial charge in [-0.05, 0) is 6.07 Å². The highest BCUT2D eigenvalue weighted by molar-refractivity contribution is 7.60. The van der Waals surface area contributed by atoms with Gasteiger partial charge in [0.05, 0.1) is 0 Å². The first-order chi connectivity index (χ1) is 7.29. The van der Waals surface area contributed by atoms with Crippen molar-refractivity contribution in [2.75, 3.05) is 0 Å². The molecule has 0 fully saturated rings. The van der Waals surface area contributed by atoms with Gasteiger partial charge in [-0.15, -0.1) is 0 Å². The summed E-state index contributed by atoms with van der Waals surface area (Å²) in [7, 11) is -9.91.